The Morgan fingerprint density at radius 2 is 2.18 bits per heavy atom. The molecule has 0 amide bonds. The second-order valence-corrected chi connectivity index (χ2v) is 4.23. The van der Waals surface area contributed by atoms with Crippen molar-refractivity contribution < 1.29 is 9.84 Å². The Kier molecular flexibility index (Phi) is 5.03. The monoisotopic (exact) mass is 239 g/mol. The lowest BCUT2D eigenvalue weighted by atomic mass is 10.3. The molecular formula is C12H21N3O2. The van der Waals surface area contributed by atoms with Gasteiger partial charge in [0.05, 0.1) is 11.8 Å². The molecule has 0 radical (unpaired) electrons. The van der Waals surface area contributed by atoms with Crippen LogP contribution in [0.3, 0.4) is 0 Å². The normalized spacial score (nSPS) is 10.6. The van der Waals surface area contributed by atoms with E-state index in [-0.39, 0.29) is 12.7 Å². The smallest absolute Gasteiger partial charge is 0.239 e. The molecule has 0 unspecified atom stereocenters. The molecular weight excluding hydrogens is 218 g/mol. The number of nitrogens with zero attached hydrogens (tertiary/aromatic N) is 2. The summed E-state index contributed by atoms with van der Waals surface area (Å²) >= 11 is 0. The average Bonchev–Trinajstić information content (AvgIpc) is 2.28. The Morgan fingerprint density at radius 3 is 2.76 bits per heavy atom. The standard InChI is InChI=1S/C12H21N3O2/c1-9(2)17-12-10(13)5-6-11(14-12)15(3)7-4-8-16/h5-6,9,16H,4,7-8,13H2,1-3H3. The molecule has 0 spiro atoms. The molecule has 0 saturated carbocycles. The van der Waals surface area contributed by atoms with Gasteiger partial charge in [-0.1, -0.05) is 0 Å². The van der Waals surface area contributed by atoms with Gasteiger partial charge in [0.25, 0.3) is 0 Å². The van der Waals surface area contributed by atoms with Gasteiger partial charge in [-0.25, -0.2) is 0 Å². The number of pyridine rings is 1. The number of aromatic nitrogens is 1. The van der Waals surface area contributed by atoms with Gasteiger partial charge in [0.1, 0.15) is 5.82 Å². The molecule has 0 saturated heterocycles. The fourth-order valence-electron chi connectivity index (χ4n) is 1.39. The molecule has 0 atom stereocenters. The van der Waals surface area contributed by atoms with Gasteiger partial charge in [0.2, 0.25) is 5.88 Å². The van der Waals surface area contributed by atoms with E-state index in [1.165, 1.54) is 0 Å². The first kappa shape index (κ1) is 13.6. The van der Waals surface area contributed by atoms with Crippen LogP contribution >= 0.6 is 0 Å². The Balaban J connectivity index is 2.80. The lowest BCUT2D eigenvalue weighted by Gasteiger charge is -2.19. The lowest BCUT2D eigenvalue weighted by Crippen LogP contribution is -2.21. The number of hydrogen-bond donors (Lipinski definition) is 2. The summed E-state index contributed by atoms with van der Waals surface area (Å²) in [6.07, 6.45) is 0.755. The van der Waals surface area contributed by atoms with Gasteiger partial charge >= 0.3 is 0 Å². The van der Waals surface area contributed by atoms with Crippen molar-refractivity contribution in [3.8, 4) is 5.88 Å². The van der Waals surface area contributed by atoms with Crippen LogP contribution < -0.4 is 15.4 Å². The molecule has 0 aliphatic heterocycles. The number of aliphatic hydroxyl groups is 1. The molecule has 1 aromatic rings. The SMILES string of the molecule is CC(C)Oc1nc(N(C)CCCO)ccc1N. The molecule has 1 heterocycles. The van der Waals surface area contributed by atoms with Gasteiger partial charge in [-0.3, -0.25) is 0 Å². The molecule has 0 aliphatic rings. The summed E-state index contributed by atoms with van der Waals surface area (Å²) < 4.78 is 5.53. The Morgan fingerprint density at radius 1 is 1.47 bits per heavy atom. The van der Waals surface area contributed by atoms with Crippen LogP contribution in [0.1, 0.15) is 20.3 Å². The quantitative estimate of drug-likeness (QED) is 0.782. The predicted octanol–water partition coefficient (Wildman–Crippen LogP) is 1.27. The van der Waals surface area contributed by atoms with E-state index in [1.807, 2.05) is 31.9 Å². The maximum absolute atomic E-state index is 8.79. The van der Waals surface area contributed by atoms with Crippen molar-refractivity contribution in [3.05, 3.63) is 12.1 Å². The molecule has 0 bridgehead atoms. The predicted molar refractivity (Wildman–Crippen MR) is 69.4 cm³/mol. The molecule has 96 valence electrons. The van der Waals surface area contributed by atoms with Crippen LogP contribution in [0.2, 0.25) is 0 Å². The Labute approximate surface area is 102 Å². The van der Waals surface area contributed by atoms with E-state index in [2.05, 4.69) is 4.98 Å². The number of nitrogen functional groups attached to an aromatic ring is 1. The van der Waals surface area contributed by atoms with Crippen LogP contribution in [0.4, 0.5) is 11.5 Å². The lowest BCUT2D eigenvalue weighted by molar-refractivity contribution is 0.234. The van der Waals surface area contributed by atoms with Crippen LogP contribution in [-0.2, 0) is 0 Å². The van der Waals surface area contributed by atoms with Crippen molar-refractivity contribution in [2.75, 3.05) is 30.8 Å². The number of rotatable bonds is 6. The first-order valence-corrected chi connectivity index (χ1v) is 5.79. The summed E-state index contributed by atoms with van der Waals surface area (Å²) in [4.78, 5) is 6.32. The molecule has 0 aliphatic carbocycles. The third-order valence-electron chi connectivity index (χ3n) is 2.27. The van der Waals surface area contributed by atoms with Gasteiger partial charge in [0, 0.05) is 20.2 Å². The molecule has 1 rings (SSSR count). The van der Waals surface area contributed by atoms with Crippen LogP contribution in [0.5, 0.6) is 5.88 Å². The molecule has 0 fully saturated rings. The van der Waals surface area contributed by atoms with Gasteiger partial charge in [-0.15, -0.1) is 0 Å². The highest BCUT2D eigenvalue weighted by Gasteiger charge is 2.09. The number of hydrogen-bond acceptors (Lipinski definition) is 5. The van der Waals surface area contributed by atoms with Gasteiger partial charge < -0.3 is 20.5 Å². The molecule has 17 heavy (non-hydrogen) atoms. The van der Waals surface area contributed by atoms with Crippen molar-refractivity contribution in [1.29, 1.82) is 0 Å². The van der Waals surface area contributed by atoms with Crippen molar-refractivity contribution >= 4 is 11.5 Å². The average molecular weight is 239 g/mol. The molecule has 3 N–H and O–H groups in total. The van der Waals surface area contributed by atoms with E-state index in [0.717, 1.165) is 12.4 Å². The second kappa shape index (κ2) is 6.30. The highest BCUT2D eigenvalue weighted by molar-refractivity contribution is 5.54. The highest BCUT2D eigenvalue weighted by atomic mass is 16.5. The second-order valence-electron chi connectivity index (χ2n) is 4.23. The fraction of sp³-hybridized carbons (Fsp3) is 0.583. The van der Waals surface area contributed by atoms with Crippen molar-refractivity contribution in [2.24, 2.45) is 0 Å². The first-order valence-electron chi connectivity index (χ1n) is 5.79. The maximum Gasteiger partial charge on any atom is 0.239 e. The summed E-state index contributed by atoms with van der Waals surface area (Å²) in [5, 5.41) is 8.79. The number of ether oxygens (including phenoxy) is 1. The Bertz CT molecular complexity index is 356. The van der Waals surface area contributed by atoms with E-state index in [1.54, 1.807) is 6.07 Å². The molecule has 5 nitrogen and oxygen atoms in total. The summed E-state index contributed by atoms with van der Waals surface area (Å²) in [5.41, 5.74) is 6.33. The van der Waals surface area contributed by atoms with Crippen molar-refractivity contribution in [1.82, 2.24) is 4.98 Å². The zero-order chi connectivity index (χ0) is 12.8. The largest absolute Gasteiger partial charge is 0.473 e. The summed E-state index contributed by atoms with van der Waals surface area (Å²) in [6, 6.07) is 3.63. The van der Waals surface area contributed by atoms with E-state index in [9.17, 15) is 0 Å². The van der Waals surface area contributed by atoms with Gasteiger partial charge in [-0.2, -0.15) is 4.98 Å². The van der Waals surface area contributed by atoms with E-state index < -0.39 is 0 Å². The minimum atomic E-state index is 0.0443. The summed E-state index contributed by atoms with van der Waals surface area (Å²) in [6.45, 7) is 4.79. The van der Waals surface area contributed by atoms with Gasteiger partial charge in [0.15, 0.2) is 0 Å². The zero-order valence-corrected chi connectivity index (χ0v) is 10.7. The topological polar surface area (TPSA) is 71.6 Å². The third-order valence-corrected chi connectivity index (χ3v) is 2.27. The van der Waals surface area contributed by atoms with E-state index in [4.69, 9.17) is 15.6 Å². The van der Waals surface area contributed by atoms with Crippen molar-refractivity contribution in [3.63, 3.8) is 0 Å². The third kappa shape index (κ3) is 4.11. The van der Waals surface area contributed by atoms with Crippen LogP contribution in [0.25, 0.3) is 0 Å². The molecule has 0 aromatic carbocycles. The first-order chi connectivity index (χ1) is 8.04. The summed E-state index contributed by atoms with van der Waals surface area (Å²) in [7, 11) is 1.92. The van der Waals surface area contributed by atoms with Crippen LogP contribution in [0.15, 0.2) is 12.1 Å². The Hall–Kier alpha value is -1.49. The fourth-order valence-corrected chi connectivity index (χ4v) is 1.39. The van der Waals surface area contributed by atoms with Crippen LogP contribution in [0, 0.1) is 0 Å². The molecule has 5 heteroatoms. The number of anilines is 2. The zero-order valence-electron chi connectivity index (χ0n) is 10.7. The van der Waals surface area contributed by atoms with E-state index >= 15 is 0 Å². The minimum absolute atomic E-state index is 0.0443. The summed E-state index contributed by atoms with van der Waals surface area (Å²) in [5.74, 6) is 1.26. The number of aliphatic hydroxyl groups excluding tert-OH is 1. The highest BCUT2D eigenvalue weighted by Crippen LogP contribution is 2.23. The van der Waals surface area contributed by atoms with Gasteiger partial charge in [-0.05, 0) is 32.4 Å². The molecule has 1 aromatic heterocycles. The van der Waals surface area contributed by atoms with E-state index in [0.29, 0.717) is 18.0 Å². The van der Waals surface area contributed by atoms with Crippen molar-refractivity contribution in [2.45, 2.75) is 26.4 Å². The maximum atomic E-state index is 8.79. The van der Waals surface area contributed by atoms with Crippen LogP contribution in [-0.4, -0.2) is 36.4 Å². The minimum Gasteiger partial charge on any atom is -0.473 e. The number of nitrogens with two attached hydrogens (primary N) is 1.